The van der Waals surface area contributed by atoms with Crippen molar-refractivity contribution in [3.05, 3.63) is 12.4 Å². The molecule has 0 aliphatic heterocycles. The van der Waals surface area contributed by atoms with Crippen molar-refractivity contribution in [3.63, 3.8) is 0 Å². The van der Waals surface area contributed by atoms with Crippen LogP contribution in [0.4, 0.5) is 4.79 Å². The molecule has 0 unspecified atom stereocenters. The molecule has 0 fully saturated rings. The smallest absolute Gasteiger partial charge is 0.408 e. The van der Waals surface area contributed by atoms with Crippen LogP contribution in [0.1, 0.15) is 34.6 Å². The van der Waals surface area contributed by atoms with E-state index in [1.165, 1.54) is 10.9 Å². The van der Waals surface area contributed by atoms with Crippen molar-refractivity contribution >= 4 is 12.1 Å². The number of aromatic nitrogens is 3. The second-order valence-electron chi connectivity index (χ2n) is 5.90. The van der Waals surface area contributed by atoms with Gasteiger partial charge in [0.05, 0.1) is 6.20 Å². The number of amides is 1. The molecule has 0 spiro atoms. The van der Waals surface area contributed by atoms with Gasteiger partial charge in [-0.15, -0.1) is 5.10 Å². The van der Waals surface area contributed by atoms with Gasteiger partial charge in [-0.05, 0) is 26.7 Å². The summed E-state index contributed by atoms with van der Waals surface area (Å²) in [5.41, 5.74) is -0.629. The van der Waals surface area contributed by atoms with Crippen LogP contribution in [-0.2, 0) is 21.0 Å². The first-order valence-corrected chi connectivity index (χ1v) is 6.69. The zero-order valence-corrected chi connectivity index (χ0v) is 13.0. The van der Waals surface area contributed by atoms with Crippen molar-refractivity contribution in [3.8, 4) is 0 Å². The van der Waals surface area contributed by atoms with Crippen LogP contribution in [0.2, 0.25) is 0 Å². The summed E-state index contributed by atoms with van der Waals surface area (Å²) in [4.78, 5) is 23.8. The third kappa shape index (κ3) is 6.24. The van der Waals surface area contributed by atoms with Gasteiger partial charge in [0, 0.05) is 6.20 Å². The average molecular weight is 298 g/mol. The maximum atomic E-state index is 12.0. The van der Waals surface area contributed by atoms with Gasteiger partial charge in [-0.2, -0.15) is 0 Å². The predicted octanol–water partition coefficient (Wildman–Crippen LogP) is 1.33. The predicted molar refractivity (Wildman–Crippen MR) is 74.1 cm³/mol. The molecule has 0 saturated carbocycles. The Kier molecular flexibility index (Phi) is 5.69. The van der Waals surface area contributed by atoms with E-state index >= 15 is 0 Å². The Morgan fingerprint density at radius 3 is 2.48 bits per heavy atom. The summed E-state index contributed by atoms with van der Waals surface area (Å²) in [5, 5.41) is 9.80. The van der Waals surface area contributed by atoms with Crippen LogP contribution in [0.3, 0.4) is 0 Å². The minimum atomic E-state index is -0.789. The fraction of sp³-hybridized carbons (Fsp3) is 0.692. The summed E-state index contributed by atoms with van der Waals surface area (Å²) in [6.07, 6.45) is 2.39. The Morgan fingerprint density at radius 1 is 1.33 bits per heavy atom. The van der Waals surface area contributed by atoms with Crippen molar-refractivity contribution in [2.75, 3.05) is 0 Å². The summed E-state index contributed by atoms with van der Waals surface area (Å²) >= 11 is 0. The highest BCUT2D eigenvalue weighted by molar-refractivity contribution is 5.81. The van der Waals surface area contributed by atoms with Crippen LogP contribution in [0.5, 0.6) is 0 Å². The van der Waals surface area contributed by atoms with Crippen LogP contribution in [-0.4, -0.2) is 38.7 Å². The molecule has 21 heavy (non-hydrogen) atoms. The van der Waals surface area contributed by atoms with Gasteiger partial charge in [0.2, 0.25) is 0 Å². The molecule has 0 saturated heterocycles. The molecule has 1 amide bonds. The summed E-state index contributed by atoms with van der Waals surface area (Å²) in [6.45, 7) is 8.80. The molecular formula is C13H22N4O4. The lowest BCUT2D eigenvalue weighted by Gasteiger charge is -2.24. The van der Waals surface area contributed by atoms with Gasteiger partial charge >= 0.3 is 12.1 Å². The maximum absolute atomic E-state index is 12.0. The second kappa shape index (κ2) is 7.05. The van der Waals surface area contributed by atoms with Crippen molar-refractivity contribution in [2.24, 2.45) is 5.92 Å². The fourth-order valence-electron chi connectivity index (χ4n) is 1.45. The molecule has 1 atom stereocenters. The average Bonchev–Trinajstić information content (AvgIpc) is 2.83. The zero-order chi connectivity index (χ0) is 16.0. The zero-order valence-electron chi connectivity index (χ0n) is 13.0. The van der Waals surface area contributed by atoms with E-state index in [2.05, 4.69) is 15.6 Å². The first kappa shape index (κ1) is 16.9. The topological polar surface area (TPSA) is 95.3 Å². The standard InChI is InChI=1S/C13H22N4O4/c1-9(2)10(15-12(19)21-13(3,4)5)11(18)20-8-17-7-6-14-16-17/h6-7,9-10H,8H2,1-5H3,(H,15,19)/t10-/m0/s1. The maximum Gasteiger partial charge on any atom is 0.408 e. The van der Waals surface area contributed by atoms with E-state index in [4.69, 9.17) is 9.47 Å². The minimum Gasteiger partial charge on any atom is -0.444 e. The van der Waals surface area contributed by atoms with Crippen LogP contribution in [0.15, 0.2) is 12.4 Å². The number of rotatable bonds is 5. The van der Waals surface area contributed by atoms with E-state index in [9.17, 15) is 9.59 Å². The quantitative estimate of drug-likeness (QED) is 0.824. The molecule has 1 rings (SSSR count). The molecule has 8 heteroatoms. The molecule has 0 bridgehead atoms. The molecule has 0 radical (unpaired) electrons. The SMILES string of the molecule is CC(C)[C@H](NC(=O)OC(C)(C)C)C(=O)OCn1ccnn1. The number of carbonyl (C=O) groups is 2. The van der Waals surface area contributed by atoms with Gasteiger partial charge in [0.1, 0.15) is 11.6 Å². The number of nitrogens with one attached hydrogen (secondary N) is 1. The van der Waals surface area contributed by atoms with E-state index in [1.807, 2.05) is 0 Å². The lowest BCUT2D eigenvalue weighted by Crippen LogP contribution is -2.47. The molecule has 118 valence electrons. The third-order valence-corrected chi connectivity index (χ3v) is 2.40. The first-order chi connectivity index (χ1) is 9.69. The normalized spacial score (nSPS) is 12.9. The molecule has 8 nitrogen and oxygen atoms in total. The fourth-order valence-corrected chi connectivity index (χ4v) is 1.45. The number of nitrogens with zero attached hydrogens (tertiary/aromatic N) is 3. The van der Waals surface area contributed by atoms with Gasteiger partial charge in [0.25, 0.3) is 0 Å². The summed E-state index contributed by atoms with van der Waals surface area (Å²) in [5.74, 6) is -0.688. The molecule has 1 aromatic heterocycles. The summed E-state index contributed by atoms with van der Waals surface area (Å²) < 4.78 is 11.6. The number of ether oxygens (including phenoxy) is 2. The highest BCUT2D eigenvalue weighted by Crippen LogP contribution is 2.09. The first-order valence-electron chi connectivity index (χ1n) is 6.69. The number of esters is 1. The van der Waals surface area contributed by atoms with Crippen LogP contribution < -0.4 is 5.32 Å². The highest BCUT2D eigenvalue weighted by atomic mass is 16.6. The van der Waals surface area contributed by atoms with Crippen molar-refractivity contribution < 1.29 is 19.1 Å². The third-order valence-electron chi connectivity index (χ3n) is 2.40. The van der Waals surface area contributed by atoms with Crippen LogP contribution in [0, 0.1) is 5.92 Å². The van der Waals surface area contributed by atoms with E-state index in [0.29, 0.717) is 0 Å². The Hall–Kier alpha value is -2.12. The molecule has 0 aromatic carbocycles. The van der Waals surface area contributed by atoms with E-state index in [0.717, 1.165) is 0 Å². The lowest BCUT2D eigenvalue weighted by molar-refractivity contribution is -0.151. The van der Waals surface area contributed by atoms with Crippen LogP contribution in [0.25, 0.3) is 0 Å². The molecule has 0 aliphatic rings. The van der Waals surface area contributed by atoms with Gasteiger partial charge in [-0.3, -0.25) is 0 Å². The van der Waals surface area contributed by atoms with Gasteiger partial charge in [0.15, 0.2) is 6.73 Å². The van der Waals surface area contributed by atoms with E-state index in [1.54, 1.807) is 40.8 Å². The Balaban J connectivity index is 2.55. The second-order valence-corrected chi connectivity index (χ2v) is 5.90. The van der Waals surface area contributed by atoms with Crippen LogP contribution >= 0.6 is 0 Å². The summed E-state index contributed by atoms with van der Waals surface area (Å²) in [6, 6.07) is -0.789. The van der Waals surface area contributed by atoms with Gasteiger partial charge in [-0.25, -0.2) is 14.3 Å². The Morgan fingerprint density at radius 2 is 2.00 bits per heavy atom. The minimum absolute atomic E-state index is 0.0575. The molecule has 1 heterocycles. The molecule has 0 aliphatic carbocycles. The molecule has 1 aromatic rings. The van der Waals surface area contributed by atoms with Gasteiger partial charge < -0.3 is 14.8 Å². The lowest BCUT2D eigenvalue weighted by atomic mass is 10.1. The van der Waals surface area contributed by atoms with Gasteiger partial charge in [-0.1, -0.05) is 19.1 Å². The van der Waals surface area contributed by atoms with Crippen molar-refractivity contribution in [1.82, 2.24) is 20.3 Å². The molecule has 1 N–H and O–H groups in total. The van der Waals surface area contributed by atoms with E-state index < -0.39 is 23.7 Å². The van der Waals surface area contributed by atoms with Crippen molar-refractivity contribution in [2.45, 2.75) is 53.0 Å². The number of alkyl carbamates (subject to hydrolysis) is 1. The monoisotopic (exact) mass is 298 g/mol. The largest absolute Gasteiger partial charge is 0.444 e. The summed E-state index contributed by atoms with van der Waals surface area (Å²) in [7, 11) is 0. The Bertz CT molecular complexity index is 465. The van der Waals surface area contributed by atoms with E-state index in [-0.39, 0.29) is 12.6 Å². The highest BCUT2D eigenvalue weighted by Gasteiger charge is 2.28. The van der Waals surface area contributed by atoms with Crippen molar-refractivity contribution in [1.29, 1.82) is 0 Å². The molecular weight excluding hydrogens is 276 g/mol. The number of hydrogen-bond acceptors (Lipinski definition) is 6. The number of hydrogen-bond donors (Lipinski definition) is 1. The Labute approximate surface area is 123 Å². The number of carbonyl (C=O) groups excluding carboxylic acids is 2.